The lowest BCUT2D eigenvalue weighted by molar-refractivity contribution is 0.213. The van der Waals surface area contributed by atoms with Gasteiger partial charge in [-0.1, -0.05) is 36.9 Å². The third-order valence-corrected chi connectivity index (χ3v) is 5.34. The fraction of sp³-hybridized carbons (Fsp3) is 0.286. The molecule has 1 aliphatic heterocycles. The van der Waals surface area contributed by atoms with Crippen molar-refractivity contribution in [3.8, 4) is 34.4 Å². The summed E-state index contributed by atoms with van der Waals surface area (Å²) >= 11 is 1.50. The molecule has 0 aliphatic carbocycles. The summed E-state index contributed by atoms with van der Waals surface area (Å²) in [5.74, 6) is 2.97. The van der Waals surface area contributed by atoms with Crippen LogP contribution >= 0.6 is 11.8 Å². The summed E-state index contributed by atoms with van der Waals surface area (Å²) in [7, 11) is 4.78. The number of thioether (sulfide) groups is 1. The van der Waals surface area contributed by atoms with Crippen molar-refractivity contribution in [2.75, 3.05) is 32.4 Å². The van der Waals surface area contributed by atoms with Crippen LogP contribution in [0.5, 0.6) is 23.1 Å². The van der Waals surface area contributed by atoms with E-state index in [-0.39, 0.29) is 0 Å². The highest BCUT2D eigenvalue weighted by molar-refractivity contribution is 7.99. The number of anilines is 1. The topological polar surface area (TPSA) is 87.6 Å². The van der Waals surface area contributed by atoms with Gasteiger partial charge in [0.05, 0.1) is 26.9 Å². The molecule has 2 aromatic carbocycles. The Bertz CT molecular complexity index is 1040. The quantitative estimate of drug-likeness (QED) is 0.583. The number of benzene rings is 2. The second-order valence-corrected chi connectivity index (χ2v) is 7.55. The Balaban J connectivity index is 1.89. The van der Waals surface area contributed by atoms with Gasteiger partial charge in [-0.05, 0) is 11.8 Å². The molecule has 0 radical (unpaired) electrons. The molecule has 0 saturated heterocycles. The van der Waals surface area contributed by atoms with E-state index in [1.54, 1.807) is 33.5 Å². The molecule has 0 bridgehead atoms. The van der Waals surface area contributed by atoms with Gasteiger partial charge >= 0.3 is 0 Å². The maximum Gasteiger partial charge on any atom is 0.247 e. The van der Waals surface area contributed by atoms with E-state index in [9.17, 15) is 0 Å². The Labute approximate surface area is 178 Å². The fourth-order valence-electron chi connectivity index (χ4n) is 3.26. The lowest BCUT2D eigenvalue weighted by atomic mass is 10.1. The molecule has 2 heterocycles. The highest BCUT2D eigenvalue weighted by Crippen LogP contribution is 2.45. The standard InChI is InChI=1S/C21H22N4O4S/c1-5-30-21-23-20-18(24-25-21)13-8-6-7-9-14(13)22-19(29-20)17-15(27-3)10-12(26-2)11-16(17)28-4/h6-11,19,22H,5H2,1-4H3/t19-/m0/s1. The average Bonchev–Trinajstić information content (AvgIpc) is 2.94. The van der Waals surface area contributed by atoms with Gasteiger partial charge in [-0.25, -0.2) is 0 Å². The predicted octanol–water partition coefficient (Wildman–Crippen LogP) is 4.18. The molecular weight excluding hydrogens is 404 g/mol. The maximum atomic E-state index is 6.33. The van der Waals surface area contributed by atoms with E-state index in [4.69, 9.17) is 18.9 Å². The molecule has 1 aromatic heterocycles. The molecule has 1 N–H and O–H groups in total. The number of aromatic nitrogens is 3. The molecular formula is C21H22N4O4S. The highest BCUT2D eigenvalue weighted by Gasteiger charge is 2.30. The van der Waals surface area contributed by atoms with Gasteiger partial charge in [-0.3, -0.25) is 0 Å². The second-order valence-electron chi connectivity index (χ2n) is 6.31. The van der Waals surface area contributed by atoms with Crippen LogP contribution in [-0.4, -0.2) is 42.3 Å². The van der Waals surface area contributed by atoms with Crippen LogP contribution in [0.25, 0.3) is 11.3 Å². The van der Waals surface area contributed by atoms with Gasteiger partial charge in [0, 0.05) is 23.4 Å². The number of nitrogens with one attached hydrogen (secondary N) is 1. The summed E-state index contributed by atoms with van der Waals surface area (Å²) < 4.78 is 23.0. The van der Waals surface area contributed by atoms with Crippen LogP contribution in [0, 0.1) is 0 Å². The minimum atomic E-state index is -0.639. The molecule has 8 nitrogen and oxygen atoms in total. The van der Waals surface area contributed by atoms with Crippen LogP contribution in [0.1, 0.15) is 18.7 Å². The predicted molar refractivity (Wildman–Crippen MR) is 115 cm³/mol. The summed E-state index contributed by atoms with van der Waals surface area (Å²) in [6.07, 6.45) is -0.639. The molecule has 1 atom stereocenters. The Morgan fingerprint density at radius 1 is 1.03 bits per heavy atom. The zero-order valence-corrected chi connectivity index (χ0v) is 17.9. The summed E-state index contributed by atoms with van der Waals surface area (Å²) in [6.45, 7) is 2.04. The summed E-state index contributed by atoms with van der Waals surface area (Å²) in [5.41, 5.74) is 2.96. The van der Waals surface area contributed by atoms with Crippen molar-refractivity contribution in [3.63, 3.8) is 0 Å². The van der Waals surface area contributed by atoms with Gasteiger partial charge in [-0.2, -0.15) is 4.98 Å². The zero-order chi connectivity index (χ0) is 21.1. The van der Waals surface area contributed by atoms with Crippen molar-refractivity contribution in [2.45, 2.75) is 18.3 Å². The molecule has 1 aliphatic rings. The lowest BCUT2D eigenvalue weighted by Gasteiger charge is -2.23. The molecule has 156 valence electrons. The SMILES string of the molecule is CCSc1nnc2c(n1)O[C@@H](c1c(OC)cc(OC)cc1OC)Nc1ccccc1-2. The minimum absolute atomic E-state index is 0.392. The van der Waals surface area contributed by atoms with Crippen molar-refractivity contribution >= 4 is 17.4 Å². The van der Waals surface area contributed by atoms with Crippen LogP contribution in [0.15, 0.2) is 41.6 Å². The number of methoxy groups -OCH3 is 3. The van der Waals surface area contributed by atoms with Gasteiger partial charge < -0.3 is 24.3 Å². The van der Waals surface area contributed by atoms with Gasteiger partial charge in [0.25, 0.3) is 0 Å². The number of nitrogens with zero attached hydrogens (tertiary/aromatic N) is 3. The number of rotatable bonds is 6. The number of para-hydroxylation sites is 1. The lowest BCUT2D eigenvalue weighted by Crippen LogP contribution is -2.19. The van der Waals surface area contributed by atoms with Crippen molar-refractivity contribution in [1.29, 1.82) is 0 Å². The van der Waals surface area contributed by atoms with Crippen LogP contribution < -0.4 is 24.3 Å². The van der Waals surface area contributed by atoms with Gasteiger partial charge in [0.2, 0.25) is 17.3 Å². The van der Waals surface area contributed by atoms with Crippen molar-refractivity contribution in [3.05, 3.63) is 42.0 Å². The largest absolute Gasteiger partial charge is 0.496 e. The Kier molecular flexibility index (Phi) is 5.80. The van der Waals surface area contributed by atoms with E-state index in [1.165, 1.54) is 11.8 Å². The molecule has 0 fully saturated rings. The first-order valence-corrected chi connectivity index (χ1v) is 10.4. The number of hydrogen-bond acceptors (Lipinski definition) is 9. The first kappa shape index (κ1) is 20.1. The van der Waals surface area contributed by atoms with Crippen molar-refractivity contribution < 1.29 is 18.9 Å². The summed E-state index contributed by atoms with van der Waals surface area (Å²) in [6, 6.07) is 11.4. The maximum absolute atomic E-state index is 6.33. The third-order valence-electron chi connectivity index (χ3n) is 4.62. The van der Waals surface area contributed by atoms with E-state index in [0.717, 1.165) is 17.0 Å². The summed E-state index contributed by atoms with van der Waals surface area (Å²) in [4.78, 5) is 4.60. The first-order valence-electron chi connectivity index (χ1n) is 9.38. The van der Waals surface area contributed by atoms with Crippen molar-refractivity contribution in [1.82, 2.24) is 15.2 Å². The molecule has 3 aromatic rings. The van der Waals surface area contributed by atoms with Crippen LogP contribution in [0.2, 0.25) is 0 Å². The van der Waals surface area contributed by atoms with Gasteiger partial charge in [0.15, 0.2) is 5.69 Å². The average molecular weight is 426 g/mol. The smallest absolute Gasteiger partial charge is 0.247 e. The number of hydrogen-bond donors (Lipinski definition) is 1. The van der Waals surface area contributed by atoms with Crippen molar-refractivity contribution in [2.24, 2.45) is 0 Å². The Morgan fingerprint density at radius 3 is 2.43 bits per heavy atom. The molecule has 0 unspecified atom stereocenters. The van der Waals surface area contributed by atoms with Crippen LogP contribution in [0.4, 0.5) is 5.69 Å². The van der Waals surface area contributed by atoms with E-state index in [2.05, 4.69) is 20.5 Å². The van der Waals surface area contributed by atoms with E-state index in [1.807, 2.05) is 31.2 Å². The fourth-order valence-corrected chi connectivity index (χ4v) is 3.76. The normalized spacial score (nSPS) is 14.5. The highest BCUT2D eigenvalue weighted by atomic mass is 32.2. The first-order chi connectivity index (χ1) is 14.7. The Morgan fingerprint density at radius 2 is 1.77 bits per heavy atom. The second kappa shape index (κ2) is 8.66. The van der Waals surface area contributed by atoms with E-state index >= 15 is 0 Å². The monoisotopic (exact) mass is 426 g/mol. The number of fused-ring (bicyclic) bond motifs is 3. The summed E-state index contributed by atoms with van der Waals surface area (Å²) in [5, 5.41) is 12.6. The van der Waals surface area contributed by atoms with Crippen LogP contribution in [0.3, 0.4) is 0 Å². The molecule has 0 amide bonds. The van der Waals surface area contributed by atoms with Gasteiger partial charge in [0.1, 0.15) is 17.2 Å². The molecule has 0 saturated carbocycles. The molecule has 4 rings (SSSR count). The van der Waals surface area contributed by atoms with Crippen LogP contribution in [-0.2, 0) is 0 Å². The van der Waals surface area contributed by atoms with E-state index < -0.39 is 6.23 Å². The third kappa shape index (κ3) is 3.68. The number of ether oxygens (including phenoxy) is 4. The molecule has 30 heavy (non-hydrogen) atoms. The molecule has 9 heteroatoms. The zero-order valence-electron chi connectivity index (χ0n) is 17.1. The molecule has 0 spiro atoms. The minimum Gasteiger partial charge on any atom is -0.496 e. The Hall–Kier alpha value is -3.20. The van der Waals surface area contributed by atoms with Gasteiger partial charge in [-0.15, -0.1) is 10.2 Å². The van der Waals surface area contributed by atoms with E-state index in [0.29, 0.717) is 39.5 Å².